The van der Waals surface area contributed by atoms with Crippen LogP contribution in [0.25, 0.3) is 0 Å². The monoisotopic (exact) mass is 352 g/mol. The standard InChI is InChI=1S/C21H24N2O3/c1-15-12-17-4-2-3-5-19(17)23(15)21(24)18-6-9-22-20(13-18)26-14-16-7-10-25-11-8-16/h2-6,9,13,15-16H,7-8,10-12,14H2,1H3. The number of fused-ring (bicyclic) bond motifs is 1. The second-order valence-electron chi connectivity index (χ2n) is 7.11. The van der Waals surface area contributed by atoms with Crippen LogP contribution in [0.5, 0.6) is 5.88 Å². The van der Waals surface area contributed by atoms with Crippen molar-refractivity contribution >= 4 is 11.6 Å². The molecule has 1 atom stereocenters. The molecule has 1 amide bonds. The molecule has 136 valence electrons. The number of pyridine rings is 1. The van der Waals surface area contributed by atoms with E-state index in [1.54, 1.807) is 18.3 Å². The van der Waals surface area contributed by atoms with Crippen molar-refractivity contribution in [3.05, 3.63) is 53.7 Å². The Labute approximate surface area is 153 Å². The number of benzene rings is 1. The van der Waals surface area contributed by atoms with Crippen LogP contribution in [0.1, 0.15) is 35.7 Å². The van der Waals surface area contributed by atoms with Crippen LogP contribution in [0.4, 0.5) is 5.69 Å². The Morgan fingerprint density at radius 2 is 2.08 bits per heavy atom. The van der Waals surface area contributed by atoms with E-state index in [-0.39, 0.29) is 11.9 Å². The second-order valence-corrected chi connectivity index (χ2v) is 7.11. The van der Waals surface area contributed by atoms with Gasteiger partial charge in [0.2, 0.25) is 5.88 Å². The number of carbonyl (C=O) groups excluding carboxylic acids is 1. The molecule has 0 spiro atoms. The zero-order valence-corrected chi connectivity index (χ0v) is 15.1. The van der Waals surface area contributed by atoms with Gasteiger partial charge in [-0.1, -0.05) is 18.2 Å². The molecule has 0 radical (unpaired) electrons. The fraction of sp³-hybridized carbons (Fsp3) is 0.429. The van der Waals surface area contributed by atoms with Crippen molar-refractivity contribution in [3.8, 4) is 5.88 Å². The first-order valence-electron chi connectivity index (χ1n) is 9.30. The van der Waals surface area contributed by atoms with Crippen molar-refractivity contribution in [2.75, 3.05) is 24.7 Å². The predicted molar refractivity (Wildman–Crippen MR) is 99.7 cm³/mol. The molecule has 1 unspecified atom stereocenters. The van der Waals surface area contributed by atoms with Crippen molar-refractivity contribution < 1.29 is 14.3 Å². The van der Waals surface area contributed by atoms with E-state index in [1.807, 2.05) is 23.1 Å². The lowest BCUT2D eigenvalue weighted by atomic mass is 10.0. The lowest BCUT2D eigenvalue weighted by Crippen LogP contribution is -2.35. The summed E-state index contributed by atoms with van der Waals surface area (Å²) in [6, 6.07) is 11.8. The Kier molecular flexibility index (Phi) is 4.89. The number of carbonyl (C=O) groups is 1. The van der Waals surface area contributed by atoms with Gasteiger partial charge in [-0.2, -0.15) is 0 Å². The number of nitrogens with zero attached hydrogens (tertiary/aromatic N) is 2. The number of hydrogen-bond acceptors (Lipinski definition) is 4. The molecule has 1 saturated heterocycles. The summed E-state index contributed by atoms with van der Waals surface area (Å²) in [6.45, 7) is 4.30. The van der Waals surface area contributed by atoms with Gasteiger partial charge < -0.3 is 14.4 Å². The first kappa shape index (κ1) is 17.0. The van der Waals surface area contributed by atoms with Crippen molar-refractivity contribution in [3.63, 3.8) is 0 Å². The van der Waals surface area contributed by atoms with Crippen LogP contribution in [0.2, 0.25) is 0 Å². The molecule has 0 aliphatic carbocycles. The summed E-state index contributed by atoms with van der Waals surface area (Å²) < 4.78 is 11.2. The average molecular weight is 352 g/mol. The minimum atomic E-state index is 0.000710. The fourth-order valence-electron chi connectivity index (χ4n) is 3.75. The Bertz CT molecular complexity index is 786. The first-order valence-corrected chi connectivity index (χ1v) is 9.30. The smallest absolute Gasteiger partial charge is 0.258 e. The lowest BCUT2D eigenvalue weighted by molar-refractivity contribution is 0.0490. The van der Waals surface area contributed by atoms with Crippen molar-refractivity contribution in [2.45, 2.75) is 32.2 Å². The molecule has 2 aromatic rings. The number of anilines is 1. The van der Waals surface area contributed by atoms with Crippen molar-refractivity contribution in [2.24, 2.45) is 5.92 Å². The number of para-hydroxylation sites is 1. The molecular formula is C21H24N2O3. The second kappa shape index (κ2) is 7.46. The van der Waals surface area contributed by atoms with E-state index >= 15 is 0 Å². The summed E-state index contributed by atoms with van der Waals surface area (Å²) in [7, 11) is 0. The van der Waals surface area contributed by atoms with Gasteiger partial charge in [-0.3, -0.25) is 4.79 Å². The van der Waals surface area contributed by atoms with E-state index in [2.05, 4.69) is 18.0 Å². The molecule has 3 heterocycles. The number of hydrogen-bond donors (Lipinski definition) is 0. The molecule has 2 aliphatic heterocycles. The molecule has 0 N–H and O–H groups in total. The normalized spacial score (nSPS) is 20.0. The van der Waals surface area contributed by atoms with E-state index in [4.69, 9.17) is 9.47 Å². The van der Waals surface area contributed by atoms with Gasteiger partial charge in [0.15, 0.2) is 0 Å². The van der Waals surface area contributed by atoms with E-state index in [0.29, 0.717) is 24.0 Å². The highest BCUT2D eigenvalue weighted by molar-refractivity contribution is 6.07. The van der Waals surface area contributed by atoms with Gasteiger partial charge >= 0.3 is 0 Å². The number of rotatable bonds is 4. The number of amides is 1. The zero-order chi connectivity index (χ0) is 17.9. The summed E-state index contributed by atoms with van der Waals surface area (Å²) >= 11 is 0. The quantitative estimate of drug-likeness (QED) is 0.845. The third-order valence-corrected chi connectivity index (χ3v) is 5.22. The molecular weight excluding hydrogens is 328 g/mol. The summed E-state index contributed by atoms with van der Waals surface area (Å²) in [5.41, 5.74) is 2.84. The van der Waals surface area contributed by atoms with Crippen LogP contribution in [0, 0.1) is 5.92 Å². The predicted octanol–water partition coefficient (Wildman–Crippen LogP) is 3.48. The van der Waals surface area contributed by atoms with E-state index in [0.717, 1.165) is 38.2 Å². The molecule has 0 saturated carbocycles. The van der Waals surface area contributed by atoms with Crippen molar-refractivity contribution in [1.82, 2.24) is 4.98 Å². The van der Waals surface area contributed by atoms with Crippen LogP contribution >= 0.6 is 0 Å². The van der Waals surface area contributed by atoms with Gasteiger partial charge in [-0.15, -0.1) is 0 Å². The third kappa shape index (κ3) is 3.44. The van der Waals surface area contributed by atoms with Crippen LogP contribution < -0.4 is 9.64 Å². The zero-order valence-electron chi connectivity index (χ0n) is 15.1. The number of ether oxygens (including phenoxy) is 2. The largest absolute Gasteiger partial charge is 0.477 e. The van der Waals surface area contributed by atoms with Crippen LogP contribution in [-0.2, 0) is 11.2 Å². The molecule has 4 rings (SSSR count). The molecule has 1 aromatic heterocycles. The van der Waals surface area contributed by atoms with Gasteiger partial charge in [0.25, 0.3) is 5.91 Å². The molecule has 2 aliphatic rings. The molecule has 1 aromatic carbocycles. The summed E-state index contributed by atoms with van der Waals surface area (Å²) in [5.74, 6) is 1.01. The minimum Gasteiger partial charge on any atom is -0.477 e. The van der Waals surface area contributed by atoms with Gasteiger partial charge in [-0.05, 0) is 49.8 Å². The van der Waals surface area contributed by atoms with Crippen LogP contribution in [-0.4, -0.2) is 36.8 Å². The van der Waals surface area contributed by atoms with E-state index in [9.17, 15) is 4.79 Å². The van der Waals surface area contributed by atoms with Gasteiger partial charge in [-0.25, -0.2) is 4.98 Å². The van der Waals surface area contributed by atoms with E-state index in [1.165, 1.54) is 5.56 Å². The maximum Gasteiger partial charge on any atom is 0.258 e. The lowest BCUT2D eigenvalue weighted by Gasteiger charge is -2.23. The molecule has 1 fully saturated rings. The summed E-state index contributed by atoms with van der Waals surface area (Å²) in [6.07, 6.45) is 4.57. The Morgan fingerprint density at radius 1 is 1.27 bits per heavy atom. The minimum absolute atomic E-state index is 0.000710. The Hall–Kier alpha value is -2.40. The fourth-order valence-corrected chi connectivity index (χ4v) is 3.75. The van der Waals surface area contributed by atoms with Crippen LogP contribution in [0.3, 0.4) is 0 Å². The molecule has 5 heteroatoms. The highest BCUT2D eigenvalue weighted by Crippen LogP contribution is 2.33. The van der Waals surface area contributed by atoms with Crippen LogP contribution in [0.15, 0.2) is 42.6 Å². The molecule has 26 heavy (non-hydrogen) atoms. The summed E-state index contributed by atoms with van der Waals surface area (Å²) in [4.78, 5) is 19.3. The van der Waals surface area contributed by atoms with Crippen molar-refractivity contribution in [1.29, 1.82) is 0 Å². The average Bonchev–Trinajstić information content (AvgIpc) is 3.02. The highest BCUT2D eigenvalue weighted by Gasteiger charge is 2.31. The molecule has 0 bridgehead atoms. The van der Waals surface area contributed by atoms with Gasteiger partial charge in [0.1, 0.15) is 0 Å². The highest BCUT2D eigenvalue weighted by atomic mass is 16.5. The Balaban J connectivity index is 1.48. The van der Waals surface area contributed by atoms with Gasteiger partial charge in [0, 0.05) is 42.8 Å². The molecule has 5 nitrogen and oxygen atoms in total. The van der Waals surface area contributed by atoms with Gasteiger partial charge in [0.05, 0.1) is 6.61 Å². The maximum absolute atomic E-state index is 13.1. The topological polar surface area (TPSA) is 51.7 Å². The third-order valence-electron chi connectivity index (χ3n) is 5.22. The Morgan fingerprint density at radius 3 is 2.92 bits per heavy atom. The first-order chi connectivity index (χ1) is 12.7. The maximum atomic E-state index is 13.1. The SMILES string of the molecule is CC1Cc2ccccc2N1C(=O)c1ccnc(OCC2CCOCC2)c1. The van der Waals surface area contributed by atoms with E-state index < -0.39 is 0 Å². The summed E-state index contributed by atoms with van der Waals surface area (Å²) in [5, 5.41) is 0. The number of aromatic nitrogens is 1.